The first-order valence-corrected chi connectivity index (χ1v) is 7.56. The van der Waals surface area contributed by atoms with E-state index < -0.39 is 5.91 Å². The maximum Gasteiger partial charge on any atom is 0.255 e. The Labute approximate surface area is 144 Å². The summed E-state index contributed by atoms with van der Waals surface area (Å²) in [5, 5.41) is 17.0. The Morgan fingerprint density at radius 1 is 1.28 bits per heavy atom. The lowest BCUT2D eigenvalue weighted by molar-refractivity contribution is -0.139. The number of hydrogen-bond acceptors (Lipinski definition) is 5. The molecule has 10 heteroatoms. The molecule has 0 aliphatic carbocycles. The largest absolute Gasteiger partial charge is 0.507 e. The molecule has 0 unspecified atom stereocenters. The van der Waals surface area contributed by atoms with E-state index in [2.05, 4.69) is 20.8 Å². The first-order valence-electron chi connectivity index (χ1n) is 7.56. The summed E-state index contributed by atoms with van der Waals surface area (Å²) in [5.41, 5.74) is 11.0. The predicted octanol–water partition coefficient (Wildman–Crippen LogP) is 1.74. The van der Waals surface area contributed by atoms with Crippen LogP contribution >= 0.6 is 0 Å². The lowest BCUT2D eigenvalue weighted by Crippen LogP contribution is -2.44. The number of hydrazine groups is 1. The second kappa shape index (κ2) is 9.78. The molecule has 1 rings (SSSR count). The highest BCUT2D eigenvalue weighted by Gasteiger charge is 2.12. The highest BCUT2D eigenvalue weighted by Crippen LogP contribution is 2.23. The highest BCUT2D eigenvalue weighted by molar-refractivity contribution is 5.97. The van der Waals surface area contributed by atoms with Gasteiger partial charge in [0.2, 0.25) is 11.8 Å². The van der Waals surface area contributed by atoms with Crippen LogP contribution in [0.15, 0.2) is 23.3 Å². The van der Waals surface area contributed by atoms with Crippen LogP contribution in [-0.4, -0.2) is 40.9 Å². The van der Waals surface area contributed by atoms with E-state index in [1.54, 1.807) is 0 Å². The van der Waals surface area contributed by atoms with Crippen LogP contribution in [0.1, 0.15) is 37.0 Å². The normalized spacial score (nSPS) is 9.68. The van der Waals surface area contributed by atoms with Crippen molar-refractivity contribution in [1.29, 1.82) is 0 Å². The molecule has 25 heavy (non-hydrogen) atoms. The molecule has 0 aromatic heterocycles. The fourth-order valence-corrected chi connectivity index (χ4v) is 2.00. The molecular formula is C15H20N6O4. The number of benzene rings is 1. The van der Waals surface area contributed by atoms with Gasteiger partial charge in [-0.15, -0.1) is 0 Å². The number of nitrogens with zero attached hydrogens (tertiary/aromatic N) is 4. The van der Waals surface area contributed by atoms with Crippen LogP contribution in [0.5, 0.6) is 5.75 Å². The van der Waals surface area contributed by atoms with Gasteiger partial charge in [-0.25, -0.2) is 0 Å². The molecule has 134 valence electrons. The average Bonchev–Trinajstić information content (AvgIpc) is 2.53. The maximum atomic E-state index is 12.0. The number of hydrogen-bond donors (Lipinski definition) is 3. The molecule has 10 nitrogen and oxygen atoms in total. The van der Waals surface area contributed by atoms with E-state index in [0.29, 0.717) is 25.9 Å². The second-order valence-electron chi connectivity index (χ2n) is 5.19. The van der Waals surface area contributed by atoms with E-state index in [0.717, 1.165) is 0 Å². The first-order chi connectivity index (χ1) is 11.8. The summed E-state index contributed by atoms with van der Waals surface area (Å²) in [6.45, 7) is 3.33. The highest BCUT2D eigenvalue weighted by atomic mass is 16.3. The summed E-state index contributed by atoms with van der Waals surface area (Å²) in [4.78, 5) is 36.9. The van der Waals surface area contributed by atoms with Crippen LogP contribution in [0.3, 0.4) is 0 Å². The SMILES string of the molecule is CC(=O)NN(CCCCNC(=O)c1ccc(N=[N+]=[N-])cc1O)C(C)=O. The Balaban J connectivity index is 2.43. The van der Waals surface area contributed by atoms with Gasteiger partial charge in [0.1, 0.15) is 5.75 Å². The minimum atomic E-state index is -0.463. The number of unbranched alkanes of at least 4 members (excludes halogenated alkanes) is 1. The summed E-state index contributed by atoms with van der Waals surface area (Å²) in [6, 6.07) is 3.99. The molecule has 0 bridgehead atoms. The van der Waals surface area contributed by atoms with Crippen LogP contribution in [-0.2, 0) is 9.59 Å². The van der Waals surface area contributed by atoms with Gasteiger partial charge >= 0.3 is 0 Å². The fourth-order valence-electron chi connectivity index (χ4n) is 2.00. The Hall–Kier alpha value is -3.26. The van der Waals surface area contributed by atoms with Crippen molar-refractivity contribution in [1.82, 2.24) is 15.8 Å². The molecule has 0 saturated carbocycles. The third-order valence-corrected chi connectivity index (χ3v) is 3.15. The Morgan fingerprint density at radius 2 is 2.00 bits per heavy atom. The van der Waals surface area contributed by atoms with Crippen LogP contribution < -0.4 is 10.7 Å². The number of amides is 3. The zero-order valence-electron chi connectivity index (χ0n) is 14.0. The average molecular weight is 348 g/mol. The van der Waals surface area contributed by atoms with Gasteiger partial charge in [0.05, 0.1) is 5.56 Å². The monoisotopic (exact) mass is 348 g/mol. The summed E-state index contributed by atoms with van der Waals surface area (Å²) >= 11 is 0. The smallest absolute Gasteiger partial charge is 0.255 e. The van der Waals surface area contributed by atoms with Crippen molar-refractivity contribution < 1.29 is 19.5 Å². The molecule has 3 N–H and O–H groups in total. The van der Waals surface area contributed by atoms with E-state index in [-0.39, 0.29) is 28.8 Å². The molecule has 0 spiro atoms. The molecule has 0 fully saturated rings. The minimum absolute atomic E-state index is 0.0699. The Morgan fingerprint density at radius 3 is 2.56 bits per heavy atom. The van der Waals surface area contributed by atoms with Gasteiger partial charge in [0, 0.05) is 37.5 Å². The quantitative estimate of drug-likeness (QED) is 0.226. The number of azide groups is 1. The summed E-state index contributed by atoms with van der Waals surface area (Å²) in [6.07, 6.45) is 1.15. The van der Waals surface area contributed by atoms with Gasteiger partial charge in [0.25, 0.3) is 5.91 Å². The molecule has 0 atom stereocenters. The number of nitrogens with one attached hydrogen (secondary N) is 2. The van der Waals surface area contributed by atoms with E-state index >= 15 is 0 Å². The number of carbonyl (C=O) groups excluding carboxylic acids is 3. The number of rotatable bonds is 7. The minimum Gasteiger partial charge on any atom is -0.507 e. The predicted molar refractivity (Wildman–Crippen MR) is 89.7 cm³/mol. The molecule has 0 aliphatic heterocycles. The van der Waals surface area contributed by atoms with Crippen molar-refractivity contribution in [2.24, 2.45) is 5.11 Å². The summed E-state index contributed by atoms with van der Waals surface area (Å²) in [5.74, 6) is -1.35. The zero-order chi connectivity index (χ0) is 18.8. The van der Waals surface area contributed by atoms with Crippen LogP contribution in [0.4, 0.5) is 5.69 Å². The second-order valence-corrected chi connectivity index (χ2v) is 5.19. The van der Waals surface area contributed by atoms with E-state index in [1.807, 2.05) is 0 Å². The molecule has 0 aliphatic rings. The van der Waals surface area contributed by atoms with Crippen LogP contribution in [0.25, 0.3) is 10.4 Å². The van der Waals surface area contributed by atoms with Gasteiger partial charge in [0.15, 0.2) is 0 Å². The lowest BCUT2D eigenvalue weighted by Gasteiger charge is -2.20. The van der Waals surface area contributed by atoms with E-state index in [9.17, 15) is 19.5 Å². The van der Waals surface area contributed by atoms with Crippen molar-refractivity contribution in [3.8, 4) is 5.75 Å². The number of phenols is 1. The topological polar surface area (TPSA) is 148 Å². The van der Waals surface area contributed by atoms with E-state index in [4.69, 9.17) is 5.53 Å². The van der Waals surface area contributed by atoms with E-state index in [1.165, 1.54) is 37.1 Å². The van der Waals surface area contributed by atoms with Crippen molar-refractivity contribution >= 4 is 23.4 Å². The Kier molecular flexibility index (Phi) is 7.74. The van der Waals surface area contributed by atoms with Crippen LogP contribution in [0.2, 0.25) is 0 Å². The van der Waals surface area contributed by atoms with Crippen molar-refractivity contribution in [3.63, 3.8) is 0 Å². The van der Waals surface area contributed by atoms with Gasteiger partial charge in [-0.3, -0.25) is 24.8 Å². The molecule has 0 radical (unpaired) electrons. The Bertz CT molecular complexity index is 699. The van der Waals surface area contributed by atoms with Crippen molar-refractivity contribution in [2.45, 2.75) is 26.7 Å². The van der Waals surface area contributed by atoms with Gasteiger partial charge < -0.3 is 10.4 Å². The van der Waals surface area contributed by atoms with Crippen molar-refractivity contribution in [2.75, 3.05) is 13.1 Å². The molecule has 1 aromatic rings. The number of phenolic OH excluding ortho intramolecular Hbond substituents is 1. The fraction of sp³-hybridized carbons (Fsp3) is 0.400. The van der Waals surface area contributed by atoms with Crippen LogP contribution in [0, 0.1) is 0 Å². The summed E-state index contributed by atoms with van der Waals surface area (Å²) in [7, 11) is 0. The molecule has 1 aromatic carbocycles. The first kappa shape index (κ1) is 19.8. The zero-order valence-corrected chi connectivity index (χ0v) is 14.0. The molecule has 0 heterocycles. The third kappa shape index (κ3) is 6.80. The van der Waals surface area contributed by atoms with Gasteiger partial charge in [-0.2, -0.15) is 0 Å². The maximum absolute atomic E-state index is 12.0. The molecular weight excluding hydrogens is 328 g/mol. The number of aromatic hydroxyl groups is 1. The summed E-state index contributed by atoms with van der Waals surface area (Å²) < 4.78 is 0. The molecule has 3 amide bonds. The van der Waals surface area contributed by atoms with Gasteiger partial charge in [-0.05, 0) is 30.5 Å². The van der Waals surface area contributed by atoms with Gasteiger partial charge in [-0.1, -0.05) is 11.2 Å². The van der Waals surface area contributed by atoms with Crippen molar-refractivity contribution in [3.05, 3.63) is 34.2 Å². The number of carbonyl (C=O) groups is 3. The third-order valence-electron chi connectivity index (χ3n) is 3.15. The lowest BCUT2D eigenvalue weighted by atomic mass is 10.1. The molecule has 0 saturated heterocycles. The standard InChI is InChI=1S/C15H20N6O4/c1-10(22)19-21(11(2)23)8-4-3-7-17-15(25)13-6-5-12(18-20-16)9-14(13)24/h5-6,9,24H,3-4,7-8H2,1-2H3,(H,17,25)(H,19,22).